The predicted octanol–water partition coefficient (Wildman–Crippen LogP) is 5.28. The third-order valence-electron chi connectivity index (χ3n) is 6.21. The second kappa shape index (κ2) is 10.5. The monoisotopic (exact) mass is 558 g/mol. The number of rotatable bonds is 5. The van der Waals surface area contributed by atoms with Gasteiger partial charge < -0.3 is 21.7 Å². The molecule has 202 valence electrons. The Labute approximate surface area is 223 Å². The number of nitrogens with zero attached hydrogens (tertiary/aromatic N) is 2. The van der Waals surface area contributed by atoms with E-state index in [-0.39, 0.29) is 5.91 Å². The van der Waals surface area contributed by atoms with Gasteiger partial charge in [0.15, 0.2) is 0 Å². The van der Waals surface area contributed by atoms with Crippen LogP contribution in [0.2, 0.25) is 0 Å². The van der Waals surface area contributed by atoms with E-state index in [2.05, 4.69) is 20.9 Å². The number of carbonyl (C=O) groups is 2. The number of benzene rings is 2. The Morgan fingerprint density at radius 2 is 1.92 bits per heavy atom. The highest BCUT2D eigenvalue weighted by Gasteiger charge is 2.31. The van der Waals surface area contributed by atoms with Crippen LogP contribution in [0.1, 0.15) is 11.1 Å². The van der Waals surface area contributed by atoms with Crippen LogP contribution in [0, 0.1) is 5.82 Å². The molecule has 13 heteroatoms. The highest BCUT2D eigenvalue weighted by Crippen LogP contribution is 2.39. The maximum Gasteiger partial charge on any atom is 0.416 e. The van der Waals surface area contributed by atoms with Gasteiger partial charge in [-0.25, -0.2) is 14.2 Å². The van der Waals surface area contributed by atoms with Gasteiger partial charge >= 0.3 is 12.2 Å². The smallest absolute Gasteiger partial charge is 0.383 e. The number of thiophene rings is 1. The zero-order valence-electron chi connectivity index (χ0n) is 20.2. The molecule has 39 heavy (non-hydrogen) atoms. The van der Waals surface area contributed by atoms with E-state index in [1.807, 2.05) is 10.3 Å². The first-order chi connectivity index (χ1) is 18.6. The van der Waals surface area contributed by atoms with Crippen molar-refractivity contribution in [1.29, 1.82) is 0 Å². The van der Waals surface area contributed by atoms with Crippen LogP contribution in [-0.4, -0.2) is 41.5 Å². The average Bonchev–Trinajstić information content (AvgIpc) is 3.33. The van der Waals surface area contributed by atoms with E-state index in [0.717, 1.165) is 33.3 Å². The summed E-state index contributed by atoms with van der Waals surface area (Å²) >= 11 is 1.52. The van der Waals surface area contributed by atoms with E-state index >= 15 is 0 Å². The van der Waals surface area contributed by atoms with E-state index in [1.165, 1.54) is 11.3 Å². The maximum atomic E-state index is 14.0. The molecule has 5 rings (SSSR count). The molecule has 0 aliphatic carbocycles. The van der Waals surface area contributed by atoms with Gasteiger partial charge in [-0.3, -0.25) is 9.69 Å². The van der Waals surface area contributed by atoms with Crippen LogP contribution < -0.4 is 21.7 Å². The van der Waals surface area contributed by atoms with Gasteiger partial charge in [-0.2, -0.15) is 13.2 Å². The molecule has 1 fully saturated rings. The number of nitrogen functional groups attached to an aromatic ring is 1. The van der Waals surface area contributed by atoms with Crippen molar-refractivity contribution in [2.24, 2.45) is 0 Å². The van der Waals surface area contributed by atoms with Gasteiger partial charge in [0, 0.05) is 52.7 Å². The van der Waals surface area contributed by atoms with Crippen molar-refractivity contribution in [3.63, 3.8) is 0 Å². The second-order valence-corrected chi connectivity index (χ2v) is 9.81. The number of urea groups is 1. The molecular weight excluding hydrogens is 536 g/mol. The number of amides is 3. The fraction of sp³-hybridized carbons (Fsp3) is 0.192. The van der Waals surface area contributed by atoms with E-state index in [1.54, 1.807) is 30.5 Å². The van der Waals surface area contributed by atoms with Gasteiger partial charge in [0.1, 0.15) is 11.6 Å². The Morgan fingerprint density at radius 1 is 1.15 bits per heavy atom. The summed E-state index contributed by atoms with van der Waals surface area (Å²) in [5.41, 5.74) is 7.52. The Morgan fingerprint density at radius 3 is 2.64 bits per heavy atom. The molecule has 3 amide bonds. The number of hydrogen-bond donors (Lipinski definition) is 4. The lowest BCUT2D eigenvalue weighted by atomic mass is 10.0. The summed E-state index contributed by atoms with van der Waals surface area (Å²) < 4.78 is 53.7. The molecule has 2 aromatic heterocycles. The van der Waals surface area contributed by atoms with E-state index in [4.69, 9.17) is 5.73 Å². The summed E-state index contributed by atoms with van der Waals surface area (Å²) in [7, 11) is 0. The van der Waals surface area contributed by atoms with Crippen LogP contribution in [0.4, 0.5) is 39.5 Å². The van der Waals surface area contributed by atoms with Gasteiger partial charge in [-0.05, 0) is 41.3 Å². The Kier molecular flexibility index (Phi) is 7.10. The minimum atomic E-state index is -4.67. The summed E-state index contributed by atoms with van der Waals surface area (Å²) in [6.07, 6.45) is -2.95. The van der Waals surface area contributed by atoms with Crippen LogP contribution >= 0.6 is 11.3 Å². The Balaban J connectivity index is 1.32. The first-order valence-corrected chi connectivity index (χ1v) is 12.7. The lowest BCUT2D eigenvalue weighted by Gasteiger charge is -2.26. The van der Waals surface area contributed by atoms with Crippen molar-refractivity contribution in [1.82, 2.24) is 15.2 Å². The zero-order chi connectivity index (χ0) is 27.7. The average molecular weight is 559 g/mol. The number of nitrogens with two attached hydrogens (primary N) is 1. The lowest BCUT2D eigenvalue weighted by molar-refractivity contribution is -0.137. The standard InChI is InChI=1S/C26H22F4N6O2S/c27-19-6-3-16(26(28,29)30)9-20(19)35-25(38)34-17-4-1-14(2-5-17)18-13-39-23-15(10-33-24(31)22(18)23)11-36-8-7-32-21(37)12-36/h1-6,9-10,13H,7-8,11-12H2,(H2,31,33)(H,32,37)(H2,34,35,38). The molecule has 0 unspecified atom stereocenters. The summed E-state index contributed by atoms with van der Waals surface area (Å²) in [5.74, 6) is -0.645. The van der Waals surface area contributed by atoms with E-state index in [9.17, 15) is 27.2 Å². The molecule has 4 aromatic rings. The largest absolute Gasteiger partial charge is 0.416 e. The summed E-state index contributed by atoms with van der Waals surface area (Å²) in [5, 5.41) is 10.1. The third-order valence-corrected chi connectivity index (χ3v) is 7.26. The topological polar surface area (TPSA) is 112 Å². The molecule has 0 atom stereocenters. The van der Waals surface area contributed by atoms with Gasteiger partial charge in [0.05, 0.1) is 17.8 Å². The predicted molar refractivity (Wildman–Crippen MR) is 142 cm³/mol. The molecule has 5 N–H and O–H groups in total. The van der Waals surface area contributed by atoms with Crippen LogP contribution in [-0.2, 0) is 17.5 Å². The number of halogens is 4. The Bertz CT molecular complexity index is 1550. The third kappa shape index (κ3) is 5.78. The molecule has 3 heterocycles. The van der Waals surface area contributed by atoms with Crippen molar-refractivity contribution >= 4 is 50.6 Å². The number of anilines is 3. The minimum absolute atomic E-state index is 0.0184. The van der Waals surface area contributed by atoms with E-state index in [0.29, 0.717) is 49.3 Å². The molecule has 1 saturated heterocycles. The number of piperazine rings is 1. The van der Waals surface area contributed by atoms with Crippen molar-refractivity contribution < 1.29 is 27.2 Å². The number of pyridine rings is 1. The van der Waals surface area contributed by atoms with Crippen LogP contribution in [0.3, 0.4) is 0 Å². The number of aromatic nitrogens is 1. The van der Waals surface area contributed by atoms with Gasteiger partial charge in [-0.1, -0.05) is 12.1 Å². The highest BCUT2D eigenvalue weighted by molar-refractivity contribution is 7.18. The first kappa shape index (κ1) is 26.4. The lowest BCUT2D eigenvalue weighted by Crippen LogP contribution is -2.47. The highest BCUT2D eigenvalue weighted by atomic mass is 32.1. The number of nitrogens with one attached hydrogen (secondary N) is 3. The van der Waals surface area contributed by atoms with Crippen LogP contribution in [0.5, 0.6) is 0 Å². The molecule has 0 bridgehead atoms. The van der Waals surface area contributed by atoms with Crippen molar-refractivity contribution in [2.45, 2.75) is 12.7 Å². The van der Waals surface area contributed by atoms with Crippen LogP contribution in [0.15, 0.2) is 54.0 Å². The molecule has 0 spiro atoms. The molecule has 0 radical (unpaired) electrons. The fourth-order valence-electron chi connectivity index (χ4n) is 4.33. The SMILES string of the molecule is Nc1ncc(CN2CCNC(=O)C2)c2scc(-c3ccc(NC(=O)Nc4cc(C(F)(F)F)ccc4F)cc3)c12. The number of fused-ring (bicyclic) bond motifs is 1. The quantitative estimate of drug-likeness (QED) is 0.249. The van der Waals surface area contributed by atoms with Gasteiger partial charge in [0.2, 0.25) is 5.91 Å². The number of alkyl halides is 3. The van der Waals surface area contributed by atoms with Crippen molar-refractivity contribution in [3.05, 3.63) is 71.0 Å². The molecule has 1 aliphatic heterocycles. The van der Waals surface area contributed by atoms with E-state index < -0.39 is 29.3 Å². The first-order valence-electron chi connectivity index (χ1n) is 11.8. The maximum absolute atomic E-state index is 14.0. The number of carbonyl (C=O) groups excluding carboxylic acids is 2. The molecule has 1 aliphatic rings. The molecule has 2 aromatic carbocycles. The fourth-order valence-corrected chi connectivity index (χ4v) is 5.42. The summed E-state index contributed by atoms with van der Waals surface area (Å²) in [6, 6.07) is 7.61. The van der Waals surface area contributed by atoms with Crippen molar-refractivity contribution in [2.75, 3.05) is 36.0 Å². The normalized spacial score (nSPS) is 14.3. The van der Waals surface area contributed by atoms with Crippen LogP contribution in [0.25, 0.3) is 21.2 Å². The summed E-state index contributed by atoms with van der Waals surface area (Å²) in [6.45, 7) is 2.19. The zero-order valence-corrected chi connectivity index (χ0v) is 21.0. The van der Waals surface area contributed by atoms with Gasteiger partial charge in [-0.15, -0.1) is 11.3 Å². The minimum Gasteiger partial charge on any atom is -0.383 e. The van der Waals surface area contributed by atoms with Gasteiger partial charge in [0.25, 0.3) is 0 Å². The molecule has 8 nitrogen and oxygen atoms in total. The summed E-state index contributed by atoms with van der Waals surface area (Å²) in [4.78, 5) is 30.5. The Hall–Kier alpha value is -4.23. The second-order valence-electron chi connectivity index (χ2n) is 8.93. The molecular formula is C26H22F4N6O2S. The number of hydrogen-bond acceptors (Lipinski definition) is 6. The van der Waals surface area contributed by atoms with Crippen molar-refractivity contribution in [3.8, 4) is 11.1 Å². The molecule has 0 saturated carbocycles.